The lowest BCUT2D eigenvalue weighted by atomic mass is 9.71. The molecule has 0 aromatic heterocycles. The molecule has 2 rings (SSSR count). The third kappa shape index (κ3) is 5.03. The number of aromatic hydroxyl groups is 1. The van der Waals surface area contributed by atoms with Gasteiger partial charge < -0.3 is 10.2 Å². The van der Waals surface area contributed by atoms with Gasteiger partial charge in [-0.1, -0.05) is 101 Å². The molecule has 0 saturated carbocycles. The van der Waals surface area contributed by atoms with Crippen molar-refractivity contribution in [3.05, 3.63) is 52.1 Å². The van der Waals surface area contributed by atoms with Gasteiger partial charge in [0.1, 0.15) is 5.75 Å². The quantitative estimate of drug-likeness (QED) is 0.500. The predicted octanol–water partition coefficient (Wildman–Crippen LogP) is 7.95. The Hall–Kier alpha value is -2.29. The average Bonchev–Trinajstić information content (AvgIpc) is 2.56. The van der Waals surface area contributed by atoms with E-state index in [0.717, 1.165) is 11.1 Å². The lowest BCUT2D eigenvalue weighted by Gasteiger charge is -2.33. The standard InChI is InChI=1S/C29H42O3/c1-26(2,3)17-13-14-18(20(15-17)27(4,5)6)22-19(25(31)32)16-21(28(7,8)9)24(30)23(22)29(10,11)12/h13-16,30H,1-12H3,(H,31,32). The van der Waals surface area contributed by atoms with Gasteiger partial charge in [0.05, 0.1) is 5.56 Å². The van der Waals surface area contributed by atoms with E-state index < -0.39 is 16.8 Å². The van der Waals surface area contributed by atoms with Crippen molar-refractivity contribution in [1.29, 1.82) is 0 Å². The summed E-state index contributed by atoms with van der Waals surface area (Å²) < 4.78 is 0. The lowest BCUT2D eigenvalue weighted by Crippen LogP contribution is -2.23. The van der Waals surface area contributed by atoms with Crippen LogP contribution in [-0.2, 0) is 21.7 Å². The number of benzene rings is 2. The highest BCUT2D eigenvalue weighted by Crippen LogP contribution is 2.48. The van der Waals surface area contributed by atoms with Gasteiger partial charge in [0.2, 0.25) is 0 Å². The van der Waals surface area contributed by atoms with Crippen molar-refractivity contribution in [2.75, 3.05) is 0 Å². The van der Waals surface area contributed by atoms with Crippen LogP contribution < -0.4 is 0 Å². The number of phenolic OH excluding ortho intramolecular Hbond substituents is 1. The molecule has 0 saturated heterocycles. The van der Waals surface area contributed by atoms with Crippen molar-refractivity contribution in [3.8, 4) is 16.9 Å². The zero-order valence-electron chi connectivity index (χ0n) is 22.1. The van der Waals surface area contributed by atoms with Gasteiger partial charge in [0.25, 0.3) is 0 Å². The number of carboxylic acid groups (broad SMARTS) is 1. The van der Waals surface area contributed by atoms with E-state index in [-0.39, 0.29) is 22.1 Å². The Morgan fingerprint density at radius 3 is 1.56 bits per heavy atom. The van der Waals surface area contributed by atoms with Crippen LogP contribution in [0.3, 0.4) is 0 Å². The fourth-order valence-electron chi connectivity index (χ4n) is 4.27. The molecule has 0 atom stereocenters. The summed E-state index contributed by atoms with van der Waals surface area (Å²) >= 11 is 0. The Bertz CT molecular complexity index is 1030. The maximum Gasteiger partial charge on any atom is 0.336 e. The monoisotopic (exact) mass is 438 g/mol. The molecule has 0 aliphatic carbocycles. The highest BCUT2D eigenvalue weighted by atomic mass is 16.4. The number of phenols is 1. The number of carbonyl (C=O) groups is 1. The van der Waals surface area contributed by atoms with Gasteiger partial charge in [-0.3, -0.25) is 0 Å². The van der Waals surface area contributed by atoms with Crippen molar-refractivity contribution < 1.29 is 15.0 Å². The summed E-state index contributed by atoms with van der Waals surface area (Å²) in [4.78, 5) is 12.6. The molecule has 0 aliphatic rings. The van der Waals surface area contributed by atoms with Gasteiger partial charge in [-0.05, 0) is 44.4 Å². The van der Waals surface area contributed by atoms with Crippen LogP contribution in [0.1, 0.15) is 116 Å². The Morgan fingerprint density at radius 2 is 1.19 bits per heavy atom. The van der Waals surface area contributed by atoms with Gasteiger partial charge in [-0.25, -0.2) is 4.79 Å². The summed E-state index contributed by atoms with van der Waals surface area (Å²) in [7, 11) is 0. The summed E-state index contributed by atoms with van der Waals surface area (Å²) in [6, 6.07) is 8.03. The maximum absolute atomic E-state index is 12.6. The molecule has 3 nitrogen and oxygen atoms in total. The van der Waals surface area contributed by atoms with E-state index in [1.54, 1.807) is 6.07 Å². The minimum absolute atomic E-state index is 0.0285. The van der Waals surface area contributed by atoms with E-state index >= 15 is 0 Å². The van der Waals surface area contributed by atoms with Gasteiger partial charge in [-0.15, -0.1) is 0 Å². The number of aromatic carboxylic acids is 1. The molecule has 0 spiro atoms. The molecule has 2 aromatic carbocycles. The minimum atomic E-state index is -0.976. The predicted molar refractivity (Wildman–Crippen MR) is 135 cm³/mol. The van der Waals surface area contributed by atoms with Crippen LogP contribution in [-0.4, -0.2) is 16.2 Å². The first kappa shape index (κ1) is 26.0. The Labute approximate surface area is 194 Å². The van der Waals surface area contributed by atoms with Crippen LogP contribution in [0.15, 0.2) is 24.3 Å². The highest BCUT2D eigenvalue weighted by molar-refractivity contribution is 5.99. The van der Waals surface area contributed by atoms with Gasteiger partial charge in [0.15, 0.2) is 0 Å². The second kappa shape index (κ2) is 7.93. The van der Waals surface area contributed by atoms with Crippen molar-refractivity contribution in [1.82, 2.24) is 0 Å². The molecule has 2 N–H and O–H groups in total. The first-order chi connectivity index (χ1) is 14.2. The summed E-state index contributed by atoms with van der Waals surface area (Å²) in [6.07, 6.45) is 0. The normalized spacial score (nSPS) is 13.4. The third-order valence-electron chi connectivity index (χ3n) is 6.05. The fourth-order valence-corrected chi connectivity index (χ4v) is 4.27. The molecule has 0 radical (unpaired) electrons. The van der Waals surface area contributed by atoms with Crippen LogP contribution in [0.4, 0.5) is 0 Å². The Balaban J connectivity index is 3.17. The molecular weight excluding hydrogens is 396 g/mol. The SMILES string of the molecule is CC(C)(C)c1ccc(-c2c(C(=O)O)cc(C(C)(C)C)c(O)c2C(C)(C)C)c(C(C)(C)C)c1. The molecular formula is C29H42O3. The van der Waals surface area contributed by atoms with E-state index in [9.17, 15) is 15.0 Å². The second-order valence-corrected chi connectivity index (χ2v) is 13.1. The number of rotatable bonds is 2. The smallest absolute Gasteiger partial charge is 0.336 e. The van der Waals surface area contributed by atoms with Crippen LogP contribution in [0.25, 0.3) is 11.1 Å². The van der Waals surface area contributed by atoms with Gasteiger partial charge in [-0.2, -0.15) is 0 Å². The first-order valence-corrected chi connectivity index (χ1v) is 11.5. The summed E-state index contributed by atoms with van der Waals surface area (Å²) in [6.45, 7) is 25.1. The van der Waals surface area contributed by atoms with Gasteiger partial charge >= 0.3 is 5.97 Å². The molecule has 2 aromatic rings. The molecule has 0 fully saturated rings. The van der Waals surface area contributed by atoms with Crippen molar-refractivity contribution >= 4 is 5.97 Å². The summed E-state index contributed by atoms with van der Waals surface area (Å²) in [5.74, 6) is -0.777. The topological polar surface area (TPSA) is 57.5 Å². The molecule has 0 amide bonds. The average molecular weight is 439 g/mol. The zero-order valence-corrected chi connectivity index (χ0v) is 22.1. The summed E-state index contributed by atoms with van der Waals surface area (Å²) in [5.41, 5.74) is 4.30. The van der Waals surface area contributed by atoms with Crippen LogP contribution in [0.5, 0.6) is 5.75 Å². The minimum Gasteiger partial charge on any atom is -0.507 e. The van der Waals surface area contributed by atoms with Crippen LogP contribution >= 0.6 is 0 Å². The van der Waals surface area contributed by atoms with Crippen molar-refractivity contribution in [2.24, 2.45) is 0 Å². The third-order valence-corrected chi connectivity index (χ3v) is 6.05. The molecule has 0 bridgehead atoms. The van der Waals surface area contributed by atoms with E-state index in [2.05, 4.69) is 53.7 Å². The molecule has 3 heteroatoms. The first-order valence-electron chi connectivity index (χ1n) is 11.5. The maximum atomic E-state index is 12.6. The number of carboxylic acids is 1. The largest absolute Gasteiger partial charge is 0.507 e. The Kier molecular flexibility index (Phi) is 6.44. The summed E-state index contributed by atoms with van der Waals surface area (Å²) in [5, 5.41) is 21.8. The highest BCUT2D eigenvalue weighted by Gasteiger charge is 2.34. The fraction of sp³-hybridized carbons (Fsp3) is 0.552. The van der Waals surface area contributed by atoms with E-state index in [0.29, 0.717) is 16.7 Å². The number of hydrogen-bond donors (Lipinski definition) is 2. The van der Waals surface area contributed by atoms with E-state index in [1.165, 1.54) is 5.56 Å². The van der Waals surface area contributed by atoms with Crippen LogP contribution in [0.2, 0.25) is 0 Å². The van der Waals surface area contributed by atoms with Crippen molar-refractivity contribution in [2.45, 2.75) is 105 Å². The lowest BCUT2D eigenvalue weighted by molar-refractivity contribution is 0.0697. The molecule has 0 aliphatic heterocycles. The second-order valence-electron chi connectivity index (χ2n) is 13.1. The molecule has 32 heavy (non-hydrogen) atoms. The molecule has 176 valence electrons. The van der Waals surface area contributed by atoms with Crippen molar-refractivity contribution in [3.63, 3.8) is 0 Å². The van der Waals surface area contributed by atoms with E-state index in [4.69, 9.17) is 0 Å². The number of hydrogen-bond acceptors (Lipinski definition) is 2. The van der Waals surface area contributed by atoms with Gasteiger partial charge in [0, 0.05) is 16.7 Å². The zero-order chi connectivity index (χ0) is 25.0. The molecule has 0 unspecified atom stereocenters. The molecule has 0 heterocycles. The Morgan fingerprint density at radius 1 is 0.688 bits per heavy atom. The van der Waals surface area contributed by atoms with Crippen LogP contribution in [0, 0.1) is 0 Å². The van der Waals surface area contributed by atoms with E-state index in [1.807, 2.05) is 47.6 Å².